The van der Waals surface area contributed by atoms with Crippen LogP contribution in [-0.4, -0.2) is 16.3 Å². The molecule has 2 N–H and O–H groups in total. The van der Waals surface area contributed by atoms with Crippen LogP contribution in [0, 0.1) is 19.3 Å². The lowest BCUT2D eigenvalue weighted by atomic mass is 9.75. The lowest BCUT2D eigenvalue weighted by molar-refractivity contribution is 0.231. The zero-order valence-electron chi connectivity index (χ0n) is 11.1. The number of hydrogen-bond donors (Lipinski definition) is 1. The van der Waals surface area contributed by atoms with Crippen molar-refractivity contribution in [1.82, 2.24) is 4.98 Å². The Kier molecular flexibility index (Phi) is 3.55. The second kappa shape index (κ2) is 4.65. The number of nitrogens with zero attached hydrogens (tertiary/aromatic N) is 1. The first-order valence-corrected chi connectivity index (χ1v) is 7.12. The van der Waals surface area contributed by atoms with E-state index in [2.05, 4.69) is 18.8 Å². The monoisotopic (exact) mass is 254 g/mol. The molecule has 2 atom stereocenters. The van der Waals surface area contributed by atoms with Crippen LogP contribution in [0.1, 0.15) is 44.6 Å². The van der Waals surface area contributed by atoms with E-state index in [0.29, 0.717) is 10.7 Å². The maximum atomic E-state index is 6.20. The predicted molar refractivity (Wildman–Crippen MR) is 71.2 cm³/mol. The summed E-state index contributed by atoms with van der Waals surface area (Å²) >= 11 is 1.71. The summed E-state index contributed by atoms with van der Waals surface area (Å²) in [4.78, 5) is 4.43. The second-order valence-corrected chi connectivity index (χ2v) is 7.04. The van der Waals surface area contributed by atoms with Gasteiger partial charge in [0.15, 0.2) is 0 Å². The summed E-state index contributed by atoms with van der Waals surface area (Å²) in [6, 6.07) is 0.264. The van der Waals surface area contributed by atoms with Crippen LogP contribution < -0.4 is 5.73 Å². The smallest absolute Gasteiger partial charge is 0.256 e. The van der Waals surface area contributed by atoms with E-state index in [-0.39, 0.29) is 6.04 Å². The maximum absolute atomic E-state index is 6.20. The topological polar surface area (TPSA) is 52.0 Å². The molecule has 0 radical (unpaired) electrons. The Morgan fingerprint density at radius 2 is 2.12 bits per heavy atom. The second-order valence-electron chi connectivity index (χ2n) is 5.85. The molecule has 1 aliphatic rings. The largest absolute Gasteiger partial charge is 0.437 e. The normalized spacial score (nSPS) is 28.3. The van der Waals surface area contributed by atoms with Gasteiger partial charge in [-0.15, -0.1) is 0 Å². The van der Waals surface area contributed by atoms with Crippen LogP contribution in [0.2, 0.25) is 0 Å². The van der Waals surface area contributed by atoms with E-state index in [4.69, 9.17) is 10.2 Å². The number of oxazole rings is 1. The van der Waals surface area contributed by atoms with E-state index in [0.717, 1.165) is 29.5 Å². The molecule has 1 aromatic heterocycles. The van der Waals surface area contributed by atoms with Crippen molar-refractivity contribution in [2.75, 3.05) is 0 Å². The minimum Gasteiger partial charge on any atom is -0.437 e. The van der Waals surface area contributed by atoms with Gasteiger partial charge in [-0.1, -0.05) is 25.6 Å². The predicted octanol–water partition coefficient (Wildman–Crippen LogP) is 3.29. The Morgan fingerprint density at radius 3 is 2.71 bits per heavy atom. The molecule has 0 saturated heterocycles. The summed E-state index contributed by atoms with van der Waals surface area (Å²) < 4.78 is 5.63. The third-order valence-electron chi connectivity index (χ3n) is 3.65. The fourth-order valence-electron chi connectivity index (χ4n) is 2.29. The van der Waals surface area contributed by atoms with Gasteiger partial charge in [0.2, 0.25) is 0 Å². The number of hydrogen-bond acceptors (Lipinski definition) is 4. The van der Waals surface area contributed by atoms with Gasteiger partial charge in [-0.25, -0.2) is 4.98 Å². The molecule has 1 aliphatic carbocycles. The quantitative estimate of drug-likeness (QED) is 0.880. The van der Waals surface area contributed by atoms with Crippen molar-refractivity contribution < 1.29 is 4.42 Å². The molecule has 0 bridgehead atoms. The highest BCUT2D eigenvalue weighted by Crippen LogP contribution is 2.41. The van der Waals surface area contributed by atoms with Crippen LogP contribution in [0.5, 0.6) is 0 Å². The summed E-state index contributed by atoms with van der Waals surface area (Å²) in [7, 11) is 0. The van der Waals surface area contributed by atoms with E-state index in [1.807, 2.05) is 13.8 Å². The molecular formula is C13H22N2OS. The minimum atomic E-state index is 0.264. The standard InChI is InChI=1S/C13H22N2OS/c1-8-9(2)16-12(15-8)17-11-7-13(3,4)6-5-10(11)14/h10-11H,5-7,14H2,1-4H3. The minimum absolute atomic E-state index is 0.264. The summed E-state index contributed by atoms with van der Waals surface area (Å²) in [5.41, 5.74) is 7.58. The van der Waals surface area contributed by atoms with Gasteiger partial charge in [0.25, 0.3) is 5.22 Å². The van der Waals surface area contributed by atoms with E-state index >= 15 is 0 Å². The number of nitrogens with two attached hydrogens (primary N) is 1. The fraction of sp³-hybridized carbons (Fsp3) is 0.769. The molecule has 1 fully saturated rings. The van der Waals surface area contributed by atoms with E-state index in [1.165, 1.54) is 6.42 Å². The molecule has 0 amide bonds. The Hall–Kier alpha value is -0.480. The first-order chi connectivity index (χ1) is 7.87. The van der Waals surface area contributed by atoms with Crippen molar-refractivity contribution in [3.63, 3.8) is 0 Å². The molecule has 0 aromatic carbocycles. The third kappa shape index (κ3) is 3.05. The van der Waals surface area contributed by atoms with Crippen molar-refractivity contribution in [1.29, 1.82) is 0 Å². The Labute approximate surface area is 108 Å². The average molecular weight is 254 g/mol. The summed E-state index contributed by atoms with van der Waals surface area (Å²) in [5, 5.41) is 1.20. The number of thioether (sulfide) groups is 1. The molecule has 96 valence electrons. The molecule has 3 nitrogen and oxygen atoms in total. The number of rotatable bonds is 2. The van der Waals surface area contributed by atoms with Crippen molar-refractivity contribution >= 4 is 11.8 Å². The van der Waals surface area contributed by atoms with Gasteiger partial charge in [-0.05, 0) is 38.5 Å². The highest BCUT2D eigenvalue weighted by molar-refractivity contribution is 7.99. The van der Waals surface area contributed by atoms with E-state index < -0.39 is 0 Å². The number of aryl methyl sites for hydroxylation is 2. The molecule has 17 heavy (non-hydrogen) atoms. The van der Waals surface area contributed by atoms with E-state index in [9.17, 15) is 0 Å². The molecule has 0 aliphatic heterocycles. The van der Waals surface area contributed by atoms with Gasteiger partial charge in [0.1, 0.15) is 5.76 Å². The number of aromatic nitrogens is 1. The van der Waals surface area contributed by atoms with Gasteiger partial charge in [0, 0.05) is 11.3 Å². The molecule has 1 heterocycles. The lowest BCUT2D eigenvalue weighted by Gasteiger charge is -2.38. The molecule has 1 aromatic rings. The summed E-state index contributed by atoms with van der Waals surface area (Å²) in [6.45, 7) is 8.57. The third-order valence-corrected chi connectivity index (χ3v) is 4.84. The van der Waals surface area contributed by atoms with Crippen LogP contribution in [0.4, 0.5) is 0 Å². The highest BCUT2D eigenvalue weighted by atomic mass is 32.2. The van der Waals surface area contributed by atoms with Crippen LogP contribution in [0.25, 0.3) is 0 Å². The van der Waals surface area contributed by atoms with Gasteiger partial charge in [-0.3, -0.25) is 0 Å². The average Bonchev–Trinajstić information content (AvgIpc) is 2.52. The molecule has 2 unspecified atom stereocenters. The van der Waals surface area contributed by atoms with Gasteiger partial charge < -0.3 is 10.2 Å². The van der Waals surface area contributed by atoms with Gasteiger partial charge >= 0.3 is 0 Å². The van der Waals surface area contributed by atoms with Crippen LogP contribution in [0.15, 0.2) is 9.64 Å². The molecule has 2 rings (SSSR count). The molecule has 1 saturated carbocycles. The van der Waals surface area contributed by atoms with Gasteiger partial charge in [-0.2, -0.15) is 0 Å². The van der Waals surface area contributed by atoms with Crippen LogP contribution in [0.3, 0.4) is 0 Å². The summed E-state index contributed by atoms with van der Waals surface area (Å²) in [5.74, 6) is 0.913. The Bertz CT molecular complexity index is 381. The highest BCUT2D eigenvalue weighted by Gasteiger charge is 2.34. The van der Waals surface area contributed by atoms with Crippen molar-refractivity contribution in [3.05, 3.63) is 11.5 Å². The molecule has 0 spiro atoms. The van der Waals surface area contributed by atoms with Crippen molar-refractivity contribution in [3.8, 4) is 0 Å². The zero-order valence-corrected chi connectivity index (χ0v) is 11.9. The lowest BCUT2D eigenvalue weighted by Crippen LogP contribution is -2.41. The van der Waals surface area contributed by atoms with Crippen molar-refractivity contribution in [2.24, 2.45) is 11.1 Å². The van der Waals surface area contributed by atoms with Crippen LogP contribution in [-0.2, 0) is 0 Å². The molecule has 4 heteroatoms. The van der Waals surface area contributed by atoms with Crippen molar-refractivity contribution in [2.45, 2.75) is 63.5 Å². The maximum Gasteiger partial charge on any atom is 0.256 e. The Morgan fingerprint density at radius 1 is 1.41 bits per heavy atom. The first kappa shape index (κ1) is 13.0. The summed E-state index contributed by atoms with van der Waals surface area (Å²) in [6.07, 6.45) is 3.46. The molecular weight excluding hydrogens is 232 g/mol. The Balaban J connectivity index is 2.06. The first-order valence-electron chi connectivity index (χ1n) is 6.24. The van der Waals surface area contributed by atoms with Gasteiger partial charge in [0.05, 0.1) is 5.69 Å². The SMILES string of the molecule is Cc1nc(SC2CC(C)(C)CCC2N)oc1C. The van der Waals surface area contributed by atoms with Crippen LogP contribution >= 0.6 is 11.8 Å². The zero-order chi connectivity index (χ0) is 12.6. The fourth-order valence-corrected chi connectivity index (χ4v) is 3.76. The van der Waals surface area contributed by atoms with E-state index in [1.54, 1.807) is 11.8 Å².